The van der Waals surface area contributed by atoms with E-state index in [1.54, 1.807) is 44.3 Å². The maximum absolute atomic E-state index is 12.9. The van der Waals surface area contributed by atoms with E-state index in [1.807, 2.05) is 6.92 Å². The van der Waals surface area contributed by atoms with Gasteiger partial charge in [-0.1, -0.05) is 0 Å². The van der Waals surface area contributed by atoms with Gasteiger partial charge in [0, 0.05) is 29.1 Å². The lowest BCUT2D eigenvalue weighted by atomic mass is 10.0. The number of H-pyrrole nitrogens is 1. The van der Waals surface area contributed by atoms with E-state index < -0.39 is 29.6 Å². The van der Waals surface area contributed by atoms with Gasteiger partial charge in [0.2, 0.25) is 0 Å². The van der Waals surface area contributed by atoms with Crippen LogP contribution in [0.1, 0.15) is 29.2 Å². The van der Waals surface area contributed by atoms with Crippen molar-refractivity contribution >= 4 is 33.7 Å². The number of carbonyl (C=O) groups excluding carboxylic acids is 1. The number of carbonyl (C=O) groups is 2. The largest absolute Gasteiger partial charge is 0.508 e. The maximum atomic E-state index is 12.9. The molecule has 0 aliphatic carbocycles. The molecule has 0 aliphatic rings. The van der Waals surface area contributed by atoms with Crippen molar-refractivity contribution in [3.63, 3.8) is 0 Å². The molecule has 9 nitrogen and oxygen atoms in total. The number of hydrogen-bond acceptors (Lipinski definition) is 6. The Bertz CT molecular complexity index is 1520. The third-order valence-corrected chi connectivity index (χ3v) is 6.12. The summed E-state index contributed by atoms with van der Waals surface area (Å²) >= 11 is 0. The summed E-state index contributed by atoms with van der Waals surface area (Å²) < 4.78 is 11.3. The van der Waals surface area contributed by atoms with Crippen molar-refractivity contribution in [1.82, 2.24) is 10.3 Å². The van der Waals surface area contributed by atoms with Crippen molar-refractivity contribution in [2.75, 3.05) is 0 Å². The van der Waals surface area contributed by atoms with Crippen LogP contribution in [0.15, 0.2) is 45.7 Å². The average molecular weight is 479 g/mol. The van der Waals surface area contributed by atoms with Crippen LogP contribution >= 0.6 is 0 Å². The van der Waals surface area contributed by atoms with Gasteiger partial charge < -0.3 is 29.7 Å². The molecular weight excluding hydrogens is 452 g/mol. The van der Waals surface area contributed by atoms with Gasteiger partial charge in [0.25, 0.3) is 5.91 Å². The number of aromatic nitrogens is 1. The molecule has 2 aromatic heterocycles. The highest BCUT2D eigenvalue weighted by Crippen LogP contribution is 2.31. The highest BCUT2D eigenvalue weighted by Gasteiger charge is 2.26. The van der Waals surface area contributed by atoms with Crippen molar-refractivity contribution in [2.24, 2.45) is 0 Å². The molecule has 4 N–H and O–H groups in total. The molecule has 2 heterocycles. The molecule has 0 fully saturated rings. The number of fused-ring (bicyclic) bond motifs is 2. The fourth-order valence-electron chi connectivity index (χ4n) is 4.07. The summed E-state index contributed by atoms with van der Waals surface area (Å²) in [7, 11) is 0. The second-order valence-corrected chi connectivity index (χ2v) is 8.68. The minimum Gasteiger partial charge on any atom is -0.508 e. The molecule has 35 heavy (non-hydrogen) atoms. The van der Waals surface area contributed by atoms with E-state index in [0.29, 0.717) is 38.8 Å². The second kappa shape index (κ2) is 9.17. The normalized spacial score (nSPS) is 13.0. The van der Waals surface area contributed by atoms with Gasteiger partial charge >= 0.3 is 11.6 Å². The van der Waals surface area contributed by atoms with E-state index in [4.69, 9.17) is 9.15 Å². The van der Waals surface area contributed by atoms with Gasteiger partial charge in [-0.25, -0.2) is 9.59 Å². The maximum Gasteiger partial charge on any atom is 0.339 e. The number of nitrogens with one attached hydrogen (secondary N) is 2. The number of phenols is 1. The number of benzene rings is 2. The van der Waals surface area contributed by atoms with E-state index in [1.165, 1.54) is 13.0 Å². The zero-order valence-electron chi connectivity index (χ0n) is 19.8. The quantitative estimate of drug-likeness (QED) is 0.298. The summed E-state index contributed by atoms with van der Waals surface area (Å²) in [5.41, 5.74) is 3.21. The monoisotopic (exact) mass is 478 g/mol. The van der Waals surface area contributed by atoms with Crippen LogP contribution in [-0.4, -0.2) is 39.2 Å². The van der Waals surface area contributed by atoms with Gasteiger partial charge in [0.1, 0.15) is 23.1 Å². The van der Waals surface area contributed by atoms with E-state index in [-0.39, 0.29) is 12.2 Å². The summed E-state index contributed by atoms with van der Waals surface area (Å²) in [5.74, 6) is -1.38. The minimum atomic E-state index is -1.22. The number of aryl methyl sites for hydroxylation is 2. The first-order valence-corrected chi connectivity index (χ1v) is 11.1. The van der Waals surface area contributed by atoms with Crippen molar-refractivity contribution in [3.05, 3.63) is 69.2 Å². The molecule has 2 aromatic carbocycles. The van der Waals surface area contributed by atoms with Crippen LogP contribution < -0.4 is 15.7 Å². The third kappa shape index (κ3) is 4.70. The van der Waals surface area contributed by atoms with Gasteiger partial charge in [-0.2, -0.15) is 0 Å². The molecule has 2 atom stereocenters. The van der Waals surface area contributed by atoms with Crippen LogP contribution in [0.4, 0.5) is 0 Å². The molecule has 0 spiro atoms. The van der Waals surface area contributed by atoms with E-state index in [2.05, 4.69) is 10.3 Å². The summed E-state index contributed by atoms with van der Waals surface area (Å²) in [6.45, 7) is 6.77. The number of carboxylic acid groups (broad SMARTS) is 1. The number of rotatable bonds is 7. The van der Waals surface area contributed by atoms with Crippen LogP contribution in [0.2, 0.25) is 0 Å². The lowest BCUT2D eigenvalue weighted by molar-refractivity contribution is -0.142. The molecule has 0 radical (unpaired) electrons. The van der Waals surface area contributed by atoms with Gasteiger partial charge in [-0.15, -0.1) is 0 Å². The second-order valence-electron chi connectivity index (χ2n) is 8.68. The summed E-state index contributed by atoms with van der Waals surface area (Å²) in [5, 5.41) is 23.3. The van der Waals surface area contributed by atoms with E-state index in [0.717, 1.165) is 11.1 Å². The van der Waals surface area contributed by atoms with Crippen molar-refractivity contribution in [1.29, 1.82) is 0 Å². The number of aromatic amines is 1. The Labute approximate surface area is 200 Å². The zero-order chi connectivity index (χ0) is 25.4. The molecule has 0 saturated heterocycles. The van der Waals surface area contributed by atoms with Crippen LogP contribution in [0, 0.1) is 20.8 Å². The number of amides is 1. The van der Waals surface area contributed by atoms with Crippen molar-refractivity contribution < 1.29 is 29.0 Å². The molecule has 182 valence electrons. The lowest BCUT2D eigenvalue weighted by Crippen LogP contribution is -2.47. The highest BCUT2D eigenvalue weighted by atomic mass is 16.5. The molecule has 1 amide bonds. The van der Waals surface area contributed by atoms with Crippen LogP contribution in [0.3, 0.4) is 0 Å². The van der Waals surface area contributed by atoms with Gasteiger partial charge in [0.15, 0.2) is 6.10 Å². The first-order valence-electron chi connectivity index (χ1n) is 11.1. The average Bonchev–Trinajstić information content (AvgIpc) is 3.18. The van der Waals surface area contributed by atoms with Gasteiger partial charge in [-0.3, -0.25) is 4.79 Å². The fraction of sp³-hybridized carbons (Fsp3) is 0.269. The van der Waals surface area contributed by atoms with Gasteiger partial charge in [0.05, 0.1) is 5.39 Å². The first-order chi connectivity index (χ1) is 16.5. The number of hydrogen-bond donors (Lipinski definition) is 4. The van der Waals surface area contributed by atoms with Crippen LogP contribution in [-0.2, 0) is 16.0 Å². The highest BCUT2D eigenvalue weighted by molar-refractivity contribution is 5.91. The first kappa shape index (κ1) is 23.9. The summed E-state index contributed by atoms with van der Waals surface area (Å²) in [4.78, 5) is 39.9. The number of ether oxygens (including phenoxy) is 1. The molecule has 0 aliphatic heterocycles. The zero-order valence-corrected chi connectivity index (χ0v) is 19.8. The summed E-state index contributed by atoms with van der Waals surface area (Å²) in [6, 6.07) is 7.01. The molecular formula is C26H26N2O7. The topological polar surface area (TPSA) is 142 Å². The standard InChI is InChI=1S/C26H26N2O7/c1-12-7-21(23-13(2)14(3)26(33)35-22(23)8-12)34-15(4)24(30)28-20(25(31)32)9-16-11-27-19-6-5-17(29)10-18(16)19/h5-8,10-11,15,20,27,29H,9H2,1-4H3,(H,28,30)(H,31,32)/t15-,20+/m0/s1. The smallest absolute Gasteiger partial charge is 0.339 e. The Morgan fingerprint density at radius 1 is 1.14 bits per heavy atom. The lowest BCUT2D eigenvalue weighted by Gasteiger charge is -2.20. The molecule has 4 aromatic rings. The van der Waals surface area contributed by atoms with Crippen LogP contribution in [0.5, 0.6) is 11.5 Å². The summed E-state index contributed by atoms with van der Waals surface area (Å²) in [6.07, 6.45) is 0.637. The van der Waals surface area contributed by atoms with E-state index >= 15 is 0 Å². The molecule has 9 heteroatoms. The Kier molecular flexibility index (Phi) is 6.26. The fourth-order valence-corrected chi connectivity index (χ4v) is 4.07. The predicted octanol–water partition coefficient (Wildman–Crippen LogP) is 3.48. The predicted molar refractivity (Wildman–Crippen MR) is 130 cm³/mol. The molecule has 4 rings (SSSR count). The Morgan fingerprint density at radius 2 is 1.89 bits per heavy atom. The minimum absolute atomic E-state index is 0.00802. The third-order valence-electron chi connectivity index (χ3n) is 6.12. The Morgan fingerprint density at radius 3 is 2.60 bits per heavy atom. The number of phenolic OH excluding ortho intramolecular Hbond substituents is 1. The van der Waals surface area contributed by atoms with Crippen LogP contribution in [0.25, 0.3) is 21.9 Å². The number of aromatic hydroxyl groups is 1. The van der Waals surface area contributed by atoms with E-state index in [9.17, 15) is 24.6 Å². The number of aliphatic carboxylic acids is 1. The van der Waals surface area contributed by atoms with Crippen molar-refractivity contribution in [2.45, 2.75) is 46.3 Å². The Balaban J connectivity index is 1.57. The number of carboxylic acids is 1. The van der Waals surface area contributed by atoms with Crippen molar-refractivity contribution in [3.8, 4) is 11.5 Å². The van der Waals surface area contributed by atoms with Gasteiger partial charge in [-0.05, 0) is 74.7 Å². The molecule has 0 unspecified atom stereocenters. The molecule has 0 saturated carbocycles. The SMILES string of the molecule is Cc1cc(O[C@@H](C)C(=O)N[C@H](Cc2c[nH]c3ccc(O)cc23)C(=O)O)c2c(C)c(C)c(=O)oc2c1. The Hall–Kier alpha value is -4.27. The molecule has 0 bridgehead atoms.